The maximum absolute atomic E-state index is 13.7. The van der Waals surface area contributed by atoms with Gasteiger partial charge in [-0.05, 0) is 30.3 Å². The maximum atomic E-state index is 13.7. The molecule has 2 N–H and O–H groups in total. The maximum Gasteiger partial charge on any atom is 0.326 e. The summed E-state index contributed by atoms with van der Waals surface area (Å²) in [7, 11) is 1.66. The predicted octanol–water partition coefficient (Wildman–Crippen LogP) is 2.56. The number of piperazine rings is 1. The largest absolute Gasteiger partial charge is 0.369 e. The van der Waals surface area contributed by atoms with Gasteiger partial charge < -0.3 is 15.2 Å². The molecule has 0 aliphatic carbocycles. The third-order valence-corrected chi connectivity index (χ3v) is 5.62. The van der Waals surface area contributed by atoms with Gasteiger partial charge in [-0.2, -0.15) is 0 Å². The van der Waals surface area contributed by atoms with Crippen molar-refractivity contribution in [3.8, 4) is 0 Å². The van der Waals surface area contributed by atoms with Crippen LogP contribution in [0, 0.1) is 11.6 Å². The molecule has 2 aromatic carbocycles. The highest BCUT2D eigenvalue weighted by Gasteiger charge is 2.21. The van der Waals surface area contributed by atoms with Crippen molar-refractivity contribution in [3.05, 3.63) is 57.5 Å². The molecule has 3 aromatic rings. The first kappa shape index (κ1) is 20.4. The Morgan fingerprint density at radius 1 is 1.13 bits per heavy atom. The molecule has 0 atom stereocenters. The second-order valence-corrected chi connectivity index (χ2v) is 7.63. The number of rotatable bonds is 4. The van der Waals surface area contributed by atoms with E-state index in [0.717, 1.165) is 0 Å². The molecule has 1 saturated heterocycles. The van der Waals surface area contributed by atoms with Gasteiger partial charge in [0.25, 0.3) is 0 Å². The van der Waals surface area contributed by atoms with Crippen LogP contribution in [0.3, 0.4) is 0 Å². The minimum atomic E-state index is -0.787. The molecule has 4 rings (SSSR count). The zero-order valence-electron chi connectivity index (χ0n) is 16.2. The number of hydrogen-bond acceptors (Lipinski definition) is 4. The number of imidazole rings is 1. The predicted molar refractivity (Wildman–Crippen MR) is 112 cm³/mol. The van der Waals surface area contributed by atoms with E-state index in [2.05, 4.69) is 10.3 Å². The van der Waals surface area contributed by atoms with Crippen LogP contribution in [-0.2, 0) is 11.8 Å². The minimum Gasteiger partial charge on any atom is -0.369 e. The Morgan fingerprint density at radius 2 is 1.80 bits per heavy atom. The summed E-state index contributed by atoms with van der Waals surface area (Å²) in [5, 5.41) is 2.34. The molecule has 1 amide bonds. The van der Waals surface area contributed by atoms with E-state index in [1.54, 1.807) is 25.2 Å². The van der Waals surface area contributed by atoms with Crippen molar-refractivity contribution in [2.75, 3.05) is 42.9 Å². The van der Waals surface area contributed by atoms with Crippen molar-refractivity contribution >= 4 is 39.9 Å². The summed E-state index contributed by atoms with van der Waals surface area (Å²) in [5.41, 5.74) is 2.23. The van der Waals surface area contributed by atoms with Crippen molar-refractivity contribution in [1.82, 2.24) is 14.5 Å². The number of aromatic amines is 1. The fourth-order valence-corrected chi connectivity index (χ4v) is 3.70. The van der Waals surface area contributed by atoms with Crippen LogP contribution in [0.2, 0.25) is 5.02 Å². The molecule has 0 spiro atoms. The van der Waals surface area contributed by atoms with Crippen LogP contribution in [-0.4, -0.2) is 53.1 Å². The molecule has 0 radical (unpaired) electrons. The van der Waals surface area contributed by atoms with Gasteiger partial charge >= 0.3 is 5.69 Å². The Bertz CT molecular complexity index is 1140. The average Bonchev–Trinajstić information content (AvgIpc) is 3.00. The molecule has 10 heteroatoms. The highest BCUT2D eigenvalue weighted by atomic mass is 35.5. The van der Waals surface area contributed by atoms with Crippen LogP contribution in [0.15, 0.2) is 35.1 Å². The van der Waals surface area contributed by atoms with Crippen LogP contribution in [0.1, 0.15) is 0 Å². The normalized spacial score (nSPS) is 15.0. The fraction of sp³-hybridized carbons (Fsp3) is 0.300. The Hall–Kier alpha value is -2.91. The summed E-state index contributed by atoms with van der Waals surface area (Å²) in [5.74, 6) is -1.75. The molecular weight excluding hydrogens is 416 g/mol. The van der Waals surface area contributed by atoms with Crippen molar-refractivity contribution in [3.63, 3.8) is 0 Å². The lowest BCUT2D eigenvalue weighted by molar-refractivity contribution is -0.117. The first-order valence-corrected chi connectivity index (χ1v) is 9.80. The topological polar surface area (TPSA) is 73.4 Å². The molecule has 2 heterocycles. The second kappa shape index (κ2) is 8.08. The first-order valence-electron chi connectivity index (χ1n) is 9.42. The van der Waals surface area contributed by atoms with E-state index < -0.39 is 16.7 Å². The van der Waals surface area contributed by atoms with E-state index in [1.807, 2.05) is 9.80 Å². The average molecular weight is 436 g/mol. The molecule has 1 aliphatic rings. The number of carbonyl (C=O) groups is 1. The summed E-state index contributed by atoms with van der Waals surface area (Å²) in [6.45, 7) is 2.41. The van der Waals surface area contributed by atoms with Gasteiger partial charge in [-0.25, -0.2) is 13.6 Å². The smallest absolute Gasteiger partial charge is 0.326 e. The van der Waals surface area contributed by atoms with Crippen LogP contribution in [0.5, 0.6) is 0 Å². The minimum absolute atomic E-state index is 0.174. The van der Waals surface area contributed by atoms with Gasteiger partial charge in [-0.3, -0.25) is 14.3 Å². The number of fused-ring (bicyclic) bond motifs is 1. The molecule has 7 nitrogen and oxygen atoms in total. The molecular formula is C20H20ClF2N5O2. The zero-order chi connectivity index (χ0) is 21.4. The van der Waals surface area contributed by atoms with Crippen molar-refractivity contribution < 1.29 is 13.6 Å². The summed E-state index contributed by atoms with van der Waals surface area (Å²) in [4.78, 5) is 30.7. The lowest BCUT2D eigenvalue weighted by Crippen LogP contribution is -2.48. The lowest BCUT2D eigenvalue weighted by Gasteiger charge is -2.35. The van der Waals surface area contributed by atoms with E-state index in [0.29, 0.717) is 48.6 Å². The standard InChI is InChI=1S/C20H20ClF2N5O2/c1-26-17-8-12(2-3-16(17)25-20(26)30)24-18(29)11-27-4-6-28(7-5-27)13-9-14(22)19(21)15(23)10-13/h2-3,8-10H,4-7,11H2,1H3,(H,24,29)(H,25,30). The van der Waals surface area contributed by atoms with Crippen LogP contribution in [0.4, 0.5) is 20.2 Å². The van der Waals surface area contributed by atoms with Crippen molar-refractivity contribution in [2.45, 2.75) is 0 Å². The van der Waals surface area contributed by atoms with Gasteiger partial charge in [0, 0.05) is 44.6 Å². The highest BCUT2D eigenvalue weighted by Crippen LogP contribution is 2.26. The number of amides is 1. The molecule has 0 bridgehead atoms. The first-order chi connectivity index (χ1) is 14.3. The molecule has 1 fully saturated rings. The van der Waals surface area contributed by atoms with Crippen LogP contribution >= 0.6 is 11.6 Å². The molecule has 1 aromatic heterocycles. The number of H-pyrrole nitrogens is 1. The molecule has 158 valence electrons. The zero-order valence-corrected chi connectivity index (χ0v) is 17.0. The SMILES string of the molecule is Cn1c(=O)[nH]c2ccc(NC(=O)CN3CCN(c4cc(F)c(Cl)c(F)c4)CC3)cc21. The van der Waals surface area contributed by atoms with Crippen LogP contribution < -0.4 is 15.9 Å². The number of anilines is 2. The number of halogens is 3. The molecule has 30 heavy (non-hydrogen) atoms. The third-order valence-electron chi connectivity index (χ3n) is 5.26. The number of benzene rings is 2. The van der Waals surface area contributed by atoms with Gasteiger partial charge in [-0.1, -0.05) is 11.6 Å². The van der Waals surface area contributed by atoms with E-state index in [1.165, 1.54) is 16.7 Å². The number of carbonyl (C=O) groups excluding carboxylic acids is 1. The van der Waals surface area contributed by atoms with Crippen LogP contribution in [0.25, 0.3) is 11.0 Å². The summed E-state index contributed by atoms with van der Waals surface area (Å²) in [6, 6.07) is 7.66. The van der Waals surface area contributed by atoms with Gasteiger partial charge in [0.05, 0.1) is 17.6 Å². The Kier molecular flexibility index (Phi) is 5.48. The number of aryl methyl sites for hydroxylation is 1. The number of nitrogens with zero attached hydrogens (tertiary/aromatic N) is 3. The Balaban J connectivity index is 1.34. The second-order valence-electron chi connectivity index (χ2n) is 7.26. The summed E-state index contributed by atoms with van der Waals surface area (Å²) >= 11 is 5.54. The quantitative estimate of drug-likeness (QED) is 0.618. The van der Waals surface area contributed by atoms with Gasteiger partial charge in [0.15, 0.2) is 0 Å². The van der Waals surface area contributed by atoms with Gasteiger partial charge in [-0.15, -0.1) is 0 Å². The monoisotopic (exact) mass is 435 g/mol. The summed E-state index contributed by atoms with van der Waals surface area (Å²) in [6.07, 6.45) is 0. The van der Waals surface area contributed by atoms with Gasteiger partial charge in [0.1, 0.15) is 16.7 Å². The molecule has 1 aliphatic heterocycles. The highest BCUT2D eigenvalue weighted by molar-refractivity contribution is 6.31. The fourth-order valence-electron chi connectivity index (χ4n) is 3.59. The Labute approximate surface area is 175 Å². The third kappa shape index (κ3) is 4.03. The van der Waals surface area contributed by atoms with E-state index in [9.17, 15) is 18.4 Å². The Morgan fingerprint density at radius 3 is 2.47 bits per heavy atom. The van der Waals surface area contributed by atoms with Crippen molar-refractivity contribution in [1.29, 1.82) is 0 Å². The number of nitrogens with one attached hydrogen (secondary N) is 2. The molecule has 0 saturated carbocycles. The number of hydrogen-bond donors (Lipinski definition) is 2. The summed E-state index contributed by atoms with van der Waals surface area (Å²) < 4.78 is 28.9. The van der Waals surface area contributed by atoms with Crippen molar-refractivity contribution in [2.24, 2.45) is 7.05 Å². The number of aromatic nitrogens is 2. The lowest BCUT2D eigenvalue weighted by atomic mass is 10.2. The van der Waals surface area contributed by atoms with E-state index in [4.69, 9.17) is 11.6 Å². The molecule has 0 unspecified atom stereocenters. The van der Waals surface area contributed by atoms with Gasteiger partial charge in [0.2, 0.25) is 5.91 Å². The van der Waals surface area contributed by atoms with E-state index >= 15 is 0 Å². The van der Waals surface area contributed by atoms with E-state index in [-0.39, 0.29) is 18.1 Å².